The third-order valence-corrected chi connectivity index (χ3v) is 4.54. The van der Waals surface area contributed by atoms with Crippen molar-refractivity contribution in [2.24, 2.45) is 0 Å². The molecule has 26 heavy (non-hydrogen) atoms. The maximum absolute atomic E-state index is 12.6. The molecule has 2 N–H and O–H groups in total. The molecule has 8 heteroatoms. The zero-order valence-corrected chi connectivity index (χ0v) is 15.0. The first-order valence-corrected chi connectivity index (χ1v) is 9.93. The fourth-order valence-electron chi connectivity index (χ4n) is 2.82. The summed E-state index contributed by atoms with van der Waals surface area (Å²) in [5.41, 5.74) is 1.83. The second-order valence-electron chi connectivity index (χ2n) is 6.16. The Morgan fingerprint density at radius 1 is 1.04 bits per heavy atom. The molecular formula is C18H19N3O4S. The number of anilines is 2. The summed E-state index contributed by atoms with van der Waals surface area (Å²) in [5.74, 6) is -0.526. The second-order valence-corrected chi connectivity index (χ2v) is 7.91. The molecule has 0 aromatic heterocycles. The quantitative estimate of drug-likeness (QED) is 0.753. The van der Waals surface area contributed by atoms with Crippen molar-refractivity contribution in [1.29, 1.82) is 0 Å². The van der Waals surface area contributed by atoms with Crippen molar-refractivity contribution in [3.63, 3.8) is 0 Å². The van der Waals surface area contributed by atoms with Crippen LogP contribution in [0, 0.1) is 0 Å². The Morgan fingerprint density at radius 2 is 1.73 bits per heavy atom. The summed E-state index contributed by atoms with van der Waals surface area (Å²) in [6.07, 6.45) is 1.13. The largest absolute Gasteiger partial charge is 0.373 e. The van der Waals surface area contributed by atoms with E-state index in [1.54, 1.807) is 24.3 Å². The molecule has 0 radical (unpaired) electrons. The van der Waals surface area contributed by atoms with Gasteiger partial charge in [-0.25, -0.2) is 8.42 Å². The fraction of sp³-hybridized carbons (Fsp3) is 0.222. The van der Waals surface area contributed by atoms with Gasteiger partial charge in [-0.15, -0.1) is 0 Å². The zero-order valence-electron chi connectivity index (χ0n) is 14.2. The van der Waals surface area contributed by atoms with Crippen LogP contribution in [0.25, 0.3) is 0 Å². The van der Waals surface area contributed by atoms with Gasteiger partial charge in [0, 0.05) is 5.69 Å². The first-order chi connectivity index (χ1) is 12.3. The highest BCUT2D eigenvalue weighted by molar-refractivity contribution is 7.92. The number of sulfonamides is 1. The van der Waals surface area contributed by atoms with E-state index in [-0.39, 0.29) is 24.8 Å². The predicted octanol–water partition coefficient (Wildman–Crippen LogP) is 1.80. The number of hydrogen-bond acceptors (Lipinski definition) is 5. The fourth-order valence-corrected chi connectivity index (χ4v) is 3.37. The minimum Gasteiger partial charge on any atom is -0.373 e. The Morgan fingerprint density at radius 3 is 2.42 bits per heavy atom. The van der Waals surface area contributed by atoms with E-state index in [2.05, 4.69) is 10.0 Å². The average molecular weight is 373 g/mol. The SMILES string of the molecule is CS(=O)(=O)Nc1cccc(N[C@H]2CC(=O)N(Cc3ccccc3)C2=O)c1. The summed E-state index contributed by atoms with van der Waals surface area (Å²) in [7, 11) is -3.39. The third-order valence-electron chi connectivity index (χ3n) is 3.93. The summed E-state index contributed by atoms with van der Waals surface area (Å²) in [6.45, 7) is 0.242. The van der Waals surface area contributed by atoms with Crippen molar-refractivity contribution in [3.8, 4) is 0 Å². The van der Waals surface area contributed by atoms with E-state index in [0.717, 1.165) is 11.8 Å². The summed E-state index contributed by atoms with van der Waals surface area (Å²) in [5, 5.41) is 3.02. The molecule has 1 aliphatic rings. The lowest BCUT2D eigenvalue weighted by Gasteiger charge is -2.16. The van der Waals surface area contributed by atoms with Crippen LogP contribution in [0.1, 0.15) is 12.0 Å². The standard InChI is InChI=1S/C18H19N3O4S/c1-26(24,25)20-15-9-5-8-14(10-15)19-16-11-17(22)21(18(16)23)12-13-6-3-2-4-7-13/h2-10,16,19-20H,11-12H2,1H3/t16-/m0/s1. The molecule has 0 unspecified atom stereocenters. The molecule has 2 aromatic carbocycles. The molecule has 3 rings (SSSR count). The number of rotatable bonds is 6. The first kappa shape index (κ1) is 17.9. The molecule has 0 spiro atoms. The highest BCUT2D eigenvalue weighted by Gasteiger charge is 2.38. The van der Waals surface area contributed by atoms with Crippen LogP contribution in [0.2, 0.25) is 0 Å². The van der Waals surface area contributed by atoms with E-state index in [4.69, 9.17) is 0 Å². The Balaban J connectivity index is 1.70. The maximum atomic E-state index is 12.6. The minimum absolute atomic E-state index is 0.0649. The number of hydrogen-bond donors (Lipinski definition) is 2. The number of likely N-dealkylation sites (tertiary alicyclic amines) is 1. The maximum Gasteiger partial charge on any atom is 0.252 e. The molecule has 2 amide bonds. The Hall–Kier alpha value is -2.87. The number of amides is 2. The van der Waals surface area contributed by atoms with Crippen LogP contribution in [0.4, 0.5) is 11.4 Å². The van der Waals surface area contributed by atoms with Crippen LogP contribution in [-0.4, -0.2) is 37.4 Å². The molecular weight excluding hydrogens is 354 g/mol. The molecule has 136 valence electrons. The van der Waals surface area contributed by atoms with Crippen molar-refractivity contribution in [2.45, 2.75) is 19.0 Å². The topological polar surface area (TPSA) is 95.6 Å². The van der Waals surface area contributed by atoms with Crippen LogP contribution >= 0.6 is 0 Å². The van der Waals surface area contributed by atoms with Crippen LogP contribution in [0.3, 0.4) is 0 Å². The molecule has 1 atom stereocenters. The summed E-state index contributed by atoms with van der Waals surface area (Å²) < 4.78 is 25.0. The predicted molar refractivity (Wildman–Crippen MR) is 98.9 cm³/mol. The number of nitrogens with one attached hydrogen (secondary N) is 2. The molecule has 2 aromatic rings. The van der Waals surface area contributed by atoms with Gasteiger partial charge in [-0.3, -0.25) is 19.2 Å². The van der Waals surface area contributed by atoms with Gasteiger partial charge in [-0.1, -0.05) is 36.4 Å². The highest BCUT2D eigenvalue weighted by atomic mass is 32.2. The van der Waals surface area contributed by atoms with Crippen LogP contribution < -0.4 is 10.0 Å². The van der Waals surface area contributed by atoms with Crippen molar-refractivity contribution in [1.82, 2.24) is 4.90 Å². The summed E-state index contributed by atoms with van der Waals surface area (Å²) >= 11 is 0. The lowest BCUT2D eigenvalue weighted by molar-refractivity contribution is -0.139. The third kappa shape index (κ3) is 4.40. The number of carbonyl (C=O) groups is 2. The van der Waals surface area contributed by atoms with Crippen LogP contribution in [0.15, 0.2) is 54.6 Å². The zero-order chi connectivity index (χ0) is 18.7. The van der Waals surface area contributed by atoms with Gasteiger partial charge < -0.3 is 5.32 Å². The molecule has 1 heterocycles. The van der Waals surface area contributed by atoms with Crippen LogP contribution in [0.5, 0.6) is 0 Å². The van der Waals surface area contributed by atoms with Gasteiger partial charge in [-0.2, -0.15) is 0 Å². The van der Waals surface area contributed by atoms with E-state index in [1.165, 1.54) is 4.90 Å². The molecule has 0 bridgehead atoms. The monoisotopic (exact) mass is 373 g/mol. The van der Waals surface area contributed by atoms with Crippen molar-refractivity contribution in [2.75, 3.05) is 16.3 Å². The summed E-state index contributed by atoms with van der Waals surface area (Å²) in [6, 6.07) is 15.2. The highest BCUT2D eigenvalue weighted by Crippen LogP contribution is 2.22. The van der Waals surface area contributed by atoms with E-state index in [0.29, 0.717) is 11.4 Å². The minimum atomic E-state index is -3.39. The van der Waals surface area contributed by atoms with Gasteiger partial charge >= 0.3 is 0 Å². The van der Waals surface area contributed by atoms with Crippen LogP contribution in [-0.2, 0) is 26.2 Å². The molecule has 0 aliphatic carbocycles. The van der Waals surface area contributed by atoms with Crippen molar-refractivity contribution >= 4 is 33.2 Å². The average Bonchev–Trinajstić information content (AvgIpc) is 2.82. The number of carbonyl (C=O) groups excluding carboxylic acids is 2. The van der Waals surface area contributed by atoms with Gasteiger partial charge in [0.1, 0.15) is 6.04 Å². The number of benzene rings is 2. The molecule has 1 saturated heterocycles. The lowest BCUT2D eigenvalue weighted by atomic mass is 10.2. The summed E-state index contributed by atoms with van der Waals surface area (Å²) in [4.78, 5) is 26.0. The normalized spacial score (nSPS) is 17.4. The van der Waals surface area contributed by atoms with Crippen molar-refractivity contribution in [3.05, 3.63) is 60.2 Å². The van der Waals surface area contributed by atoms with Gasteiger partial charge in [0.15, 0.2) is 0 Å². The second kappa shape index (κ2) is 7.17. The van der Waals surface area contributed by atoms with E-state index < -0.39 is 16.1 Å². The van der Waals surface area contributed by atoms with E-state index in [9.17, 15) is 18.0 Å². The van der Waals surface area contributed by atoms with E-state index in [1.807, 2.05) is 30.3 Å². The lowest BCUT2D eigenvalue weighted by Crippen LogP contribution is -2.34. The van der Waals surface area contributed by atoms with E-state index >= 15 is 0 Å². The number of nitrogens with zero attached hydrogens (tertiary/aromatic N) is 1. The van der Waals surface area contributed by atoms with Gasteiger partial charge in [0.25, 0.3) is 5.91 Å². The first-order valence-electron chi connectivity index (χ1n) is 8.04. The van der Waals surface area contributed by atoms with Gasteiger partial charge in [-0.05, 0) is 23.8 Å². The molecule has 0 saturated carbocycles. The Labute approximate surface area is 152 Å². The molecule has 1 fully saturated rings. The van der Waals surface area contributed by atoms with Crippen molar-refractivity contribution < 1.29 is 18.0 Å². The molecule has 7 nitrogen and oxygen atoms in total. The van der Waals surface area contributed by atoms with Gasteiger partial charge in [0.05, 0.1) is 24.9 Å². The Kier molecular flexibility index (Phi) is 4.94. The Bertz CT molecular complexity index is 928. The molecule has 1 aliphatic heterocycles. The smallest absolute Gasteiger partial charge is 0.252 e. The number of imide groups is 1. The van der Waals surface area contributed by atoms with Gasteiger partial charge in [0.2, 0.25) is 15.9 Å².